The maximum Gasteiger partial charge on any atom is 0.234 e. The highest BCUT2D eigenvalue weighted by molar-refractivity contribution is 7.99. The van der Waals surface area contributed by atoms with Crippen LogP contribution in [0.4, 0.5) is 5.69 Å². The number of nitrogens with one attached hydrogen (secondary N) is 2. The number of nitrogens with zero attached hydrogens (tertiary/aromatic N) is 1. The zero-order valence-electron chi connectivity index (χ0n) is 13.2. The number of thioether (sulfide) groups is 1. The summed E-state index contributed by atoms with van der Waals surface area (Å²) in [5.41, 5.74) is 3.26. The smallest absolute Gasteiger partial charge is 0.234 e. The van der Waals surface area contributed by atoms with Crippen molar-refractivity contribution in [3.8, 4) is 0 Å². The van der Waals surface area contributed by atoms with Gasteiger partial charge in [0.15, 0.2) is 5.78 Å². The lowest BCUT2D eigenvalue weighted by Crippen LogP contribution is -2.14. The van der Waals surface area contributed by atoms with E-state index in [2.05, 4.69) is 15.3 Å². The number of carbonyl (C=O) groups excluding carboxylic acids is 2. The molecule has 0 aliphatic rings. The molecule has 1 amide bonds. The van der Waals surface area contributed by atoms with Crippen molar-refractivity contribution in [1.29, 1.82) is 0 Å². The molecule has 1 aromatic heterocycles. The van der Waals surface area contributed by atoms with E-state index in [1.165, 1.54) is 18.7 Å². The first-order chi connectivity index (χ1) is 11.6. The number of benzene rings is 2. The van der Waals surface area contributed by atoms with Gasteiger partial charge in [0.25, 0.3) is 0 Å². The van der Waals surface area contributed by atoms with Crippen LogP contribution in [0.15, 0.2) is 48.5 Å². The molecule has 0 radical (unpaired) electrons. The molecule has 0 aliphatic carbocycles. The summed E-state index contributed by atoms with van der Waals surface area (Å²) in [6.07, 6.45) is 0. The molecule has 5 nitrogen and oxygen atoms in total. The molecule has 0 spiro atoms. The van der Waals surface area contributed by atoms with E-state index in [-0.39, 0.29) is 11.7 Å². The van der Waals surface area contributed by atoms with E-state index in [0.29, 0.717) is 22.8 Å². The topological polar surface area (TPSA) is 74.8 Å². The second-order valence-corrected chi connectivity index (χ2v) is 6.36. The van der Waals surface area contributed by atoms with Gasteiger partial charge in [0, 0.05) is 11.3 Å². The number of carbonyl (C=O) groups is 2. The molecule has 2 aromatic carbocycles. The number of fused-ring (bicyclic) bond motifs is 1. The second-order valence-electron chi connectivity index (χ2n) is 5.38. The standard InChI is InChI=1S/C18H17N3O2S/c1-12(22)13-6-8-14(9-7-13)19-18(23)11-24-10-17-20-15-4-2-3-5-16(15)21-17/h2-9H,10-11H2,1H3,(H,19,23)(H,20,21). The Morgan fingerprint density at radius 3 is 2.58 bits per heavy atom. The number of anilines is 1. The first-order valence-electron chi connectivity index (χ1n) is 7.54. The quantitative estimate of drug-likeness (QED) is 0.672. The number of Topliss-reactive ketones (excluding diaryl/α,β-unsaturated/α-hetero) is 1. The van der Waals surface area contributed by atoms with Gasteiger partial charge in [-0.1, -0.05) is 12.1 Å². The fourth-order valence-corrected chi connectivity index (χ4v) is 2.99. The Balaban J connectivity index is 1.49. The van der Waals surface area contributed by atoms with Crippen LogP contribution >= 0.6 is 11.8 Å². The third kappa shape index (κ3) is 4.02. The summed E-state index contributed by atoms with van der Waals surface area (Å²) >= 11 is 1.50. The van der Waals surface area contributed by atoms with Crippen molar-refractivity contribution >= 4 is 40.2 Å². The minimum atomic E-state index is -0.0771. The fourth-order valence-electron chi connectivity index (χ4n) is 2.30. The molecule has 0 aliphatic heterocycles. The number of aromatic nitrogens is 2. The number of amides is 1. The number of aromatic amines is 1. The summed E-state index contributed by atoms with van der Waals surface area (Å²) < 4.78 is 0. The van der Waals surface area contributed by atoms with Crippen LogP contribution in [0.5, 0.6) is 0 Å². The van der Waals surface area contributed by atoms with Crippen LogP contribution in [0.3, 0.4) is 0 Å². The minimum absolute atomic E-state index is 0.00858. The summed E-state index contributed by atoms with van der Waals surface area (Å²) in [7, 11) is 0. The largest absolute Gasteiger partial charge is 0.341 e. The Morgan fingerprint density at radius 1 is 1.12 bits per heavy atom. The minimum Gasteiger partial charge on any atom is -0.341 e. The van der Waals surface area contributed by atoms with Gasteiger partial charge < -0.3 is 10.3 Å². The SMILES string of the molecule is CC(=O)c1ccc(NC(=O)CSCc2nc3ccccc3[nH]2)cc1. The molecule has 2 N–H and O–H groups in total. The molecule has 0 saturated heterocycles. The van der Waals surface area contributed by atoms with Gasteiger partial charge in [-0.3, -0.25) is 9.59 Å². The van der Waals surface area contributed by atoms with E-state index < -0.39 is 0 Å². The van der Waals surface area contributed by atoms with Crippen LogP contribution < -0.4 is 5.32 Å². The lowest BCUT2D eigenvalue weighted by molar-refractivity contribution is -0.113. The molecule has 0 fully saturated rings. The lowest BCUT2D eigenvalue weighted by Gasteiger charge is -2.05. The summed E-state index contributed by atoms with van der Waals surface area (Å²) in [4.78, 5) is 30.9. The van der Waals surface area contributed by atoms with Crippen molar-refractivity contribution in [3.05, 3.63) is 59.9 Å². The van der Waals surface area contributed by atoms with E-state index in [0.717, 1.165) is 16.9 Å². The van der Waals surface area contributed by atoms with Gasteiger partial charge in [0.2, 0.25) is 5.91 Å². The van der Waals surface area contributed by atoms with Crippen LogP contribution in [0.1, 0.15) is 23.1 Å². The number of imidazole rings is 1. The van der Waals surface area contributed by atoms with E-state index >= 15 is 0 Å². The number of H-pyrrole nitrogens is 1. The molecular formula is C18H17N3O2S. The molecule has 3 rings (SSSR count). The van der Waals surface area contributed by atoms with Gasteiger partial charge >= 0.3 is 0 Å². The number of rotatable bonds is 6. The summed E-state index contributed by atoms with van der Waals surface area (Å²) in [5, 5.41) is 2.82. The van der Waals surface area contributed by atoms with Crippen LogP contribution in [0, 0.1) is 0 Å². The van der Waals surface area contributed by atoms with E-state index in [4.69, 9.17) is 0 Å². The first kappa shape index (κ1) is 16.3. The van der Waals surface area contributed by atoms with Crippen LogP contribution in [0.25, 0.3) is 11.0 Å². The highest BCUT2D eigenvalue weighted by atomic mass is 32.2. The summed E-state index contributed by atoms with van der Waals surface area (Å²) in [6.45, 7) is 1.52. The van der Waals surface area contributed by atoms with E-state index in [1.54, 1.807) is 24.3 Å². The molecule has 1 heterocycles. The fraction of sp³-hybridized carbons (Fsp3) is 0.167. The van der Waals surface area contributed by atoms with Gasteiger partial charge in [-0.2, -0.15) is 0 Å². The zero-order valence-corrected chi connectivity index (χ0v) is 14.0. The molecule has 6 heteroatoms. The zero-order chi connectivity index (χ0) is 16.9. The van der Waals surface area contributed by atoms with Crippen molar-refractivity contribution in [3.63, 3.8) is 0 Å². The van der Waals surface area contributed by atoms with Gasteiger partial charge in [0.05, 0.1) is 22.5 Å². The van der Waals surface area contributed by atoms with Gasteiger partial charge in [0.1, 0.15) is 5.82 Å². The summed E-state index contributed by atoms with van der Waals surface area (Å²) in [5.74, 6) is 1.78. The van der Waals surface area contributed by atoms with Crippen molar-refractivity contribution in [2.24, 2.45) is 0 Å². The number of hydrogen-bond donors (Lipinski definition) is 2. The average Bonchev–Trinajstić information content (AvgIpc) is 2.98. The Hall–Kier alpha value is -2.60. The van der Waals surface area contributed by atoms with Crippen molar-refractivity contribution in [1.82, 2.24) is 9.97 Å². The highest BCUT2D eigenvalue weighted by Gasteiger charge is 2.06. The maximum atomic E-state index is 12.0. The molecule has 24 heavy (non-hydrogen) atoms. The highest BCUT2D eigenvalue weighted by Crippen LogP contribution is 2.16. The number of para-hydroxylation sites is 2. The van der Waals surface area contributed by atoms with E-state index in [9.17, 15) is 9.59 Å². The Bertz CT molecular complexity index is 838. The summed E-state index contributed by atoms with van der Waals surface area (Å²) in [6, 6.07) is 14.7. The van der Waals surface area contributed by atoms with Gasteiger partial charge in [-0.05, 0) is 43.3 Å². The molecule has 0 bridgehead atoms. The molecule has 0 saturated carbocycles. The maximum absolute atomic E-state index is 12.0. The molecule has 0 atom stereocenters. The molecular weight excluding hydrogens is 322 g/mol. The second kappa shape index (κ2) is 7.31. The van der Waals surface area contributed by atoms with E-state index in [1.807, 2.05) is 24.3 Å². The average molecular weight is 339 g/mol. The monoisotopic (exact) mass is 339 g/mol. The third-order valence-electron chi connectivity index (χ3n) is 3.49. The van der Waals surface area contributed by atoms with Crippen LogP contribution in [-0.4, -0.2) is 27.4 Å². The molecule has 122 valence electrons. The molecule has 0 unspecified atom stereocenters. The molecule has 3 aromatic rings. The third-order valence-corrected chi connectivity index (χ3v) is 4.43. The van der Waals surface area contributed by atoms with Crippen LogP contribution in [-0.2, 0) is 10.5 Å². The van der Waals surface area contributed by atoms with Crippen molar-refractivity contribution < 1.29 is 9.59 Å². The Labute approximate surface area is 143 Å². The van der Waals surface area contributed by atoms with Gasteiger partial charge in [-0.15, -0.1) is 11.8 Å². The predicted octanol–water partition coefficient (Wildman–Crippen LogP) is 3.64. The predicted molar refractivity (Wildman–Crippen MR) is 97.3 cm³/mol. The number of hydrogen-bond acceptors (Lipinski definition) is 4. The van der Waals surface area contributed by atoms with Crippen molar-refractivity contribution in [2.45, 2.75) is 12.7 Å². The Morgan fingerprint density at radius 2 is 1.88 bits per heavy atom. The first-order valence-corrected chi connectivity index (χ1v) is 8.69. The van der Waals surface area contributed by atoms with Crippen molar-refractivity contribution in [2.75, 3.05) is 11.1 Å². The Kier molecular flexibility index (Phi) is 4.96. The van der Waals surface area contributed by atoms with Crippen LogP contribution in [0.2, 0.25) is 0 Å². The number of ketones is 1. The van der Waals surface area contributed by atoms with Gasteiger partial charge in [-0.25, -0.2) is 4.98 Å². The normalized spacial score (nSPS) is 10.7. The lowest BCUT2D eigenvalue weighted by atomic mass is 10.1.